The number of nitrogens with one attached hydrogen (secondary N) is 1. The Balaban J connectivity index is 1.49. The van der Waals surface area contributed by atoms with Gasteiger partial charge >= 0.3 is 0 Å². The molecule has 1 N–H and O–H groups in total. The van der Waals surface area contributed by atoms with Crippen LogP contribution in [0.4, 0.5) is 0 Å². The quantitative estimate of drug-likeness (QED) is 0.718. The molecule has 2 aliphatic rings. The van der Waals surface area contributed by atoms with Crippen LogP contribution in [0.2, 0.25) is 5.02 Å². The molecule has 2 aromatic carbocycles. The van der Waals surface area contributed by atoms with E-state index in [2.05, 4.69) is 5.32 Å². The van der Waals surface area contributed by atoms with Gasteiger partial charge in [0.15, 0.2) is 0 Å². The molecule has 1 atom stereocenters. The van der Waals surface area contributed by atoms with Gasteiger partial charge in [0.25, 0.3) is 0 Å². The third-order valence-electron chi connectivity index (χ3n) is 6.19. The summed E-state index contributed by atoms with van der Waals surface area (Å²) in [6.45, 7) is -0.266. The van der Waals surface area contributed by atoms with Crippen LogP contribution >= 0.6 is 11.6 Å². The molecule has 31 heavy (non-hydrogen) atoms. The van der Waals surface area contributed by atoms with E-state index in [1.54, 1.807) is 0 Å². The standard InChI is InChI=1S/C23H27ClN2O4S/c1-26(31(28,29)18-11-9-17(24)10-12-18)16-22(27)25-20-15-23(13-5-2-6-14-23)30-21-8-4-3-7-19(20)21/h3-4,7-12,20H,2,5-6,13-16H2,1H3,(H,25,27)/t20-/m1/s1. The van der Waals surface area contributed by atoms with Gasteiger partial charge in [-0.3, -0.25) is 4.79 Å². The highest BCUT2D eigenvalue weighted by molar-refractivity contribution is 7.89. The number of carbonyl (C=O) groups is 1. The Bertz CT molecular complexity index is 1050. The molecule has 1 saturated carbocycles. The zero-order valence-corrected chi connectivity index (χ0v) is 19.1. The van der Waals surface area contributed by atoms with E-state index in [9.17, 15) is 13.2 Å². The molecule has 4 rings (SSSR count). The van der Waals surface area contributed by atoms with Gasteiger partial charge in [0, 0.05) is 24.1 Å². The number of para-hydroxylation sites is 1. The molecule has 0 bridgehead atoms. The third kappa shape index (κ3) is 4.73. The van der Waals surface area contributed by atoms with Crippen molar-refractivity contribution in [1.29, 1.82) is 0 Å². The number of ether oxygens (including phenoxy) is 1. The predicted molar refractivity (Wildman–Crippen MR) is 120 cm³/mol. The Kier molecular flexibility index (Phi) is 6.28. The molecule has 1 amide bonds. The lowest BCUT2D eigenvalue weighted by Gasteiger charge is -2.44. The summed E-state index contributed by atoms with van der Waals surface area (Å²) in [7, 11) is -2.38. The number of halogens is 1. The molecule has 1 aliphatic heterocycles. The summed E-state index contributed by atoms with van der Waals surface area (Å²) < 4.78 is 33.1. The Morgan fingerprint density at radius 2 is 1.81 bits per heavy atom. The maximum absolute atomic E-state index is 12.9. The Morgan fingerprint density at radius 1 is 1.13 bits per heavy atom. The van der Waals surface area contributed by atoms with Crippen molar-refractivity contribution in [2.75, 3.05) is 13.6 Å². The van der Waals surface area contributed by atoms with Crippen LogP contribution in [0.25, 0.3) is 0 Å². The van der Waals surface area contributed by atoms with Gasteiger partial charge in [-0.1, -0.05) is 36.2 Å². The molecule has 0 aromatic heterocycles. The first kappa shape index (κ1) is 22.1. The summed E-state index contributed by atoms with van der Waals surface area (Å²) in [5.74, 6) is 0.468. The number of hydrogen-bond acceptors (Lipinski definition) is 4. The van der Waals surface area contributed by atoms with Crippen molar-refractivity contribution >= 4 is 27.5 Å². The highest BCUT2D eigenvalue weighted by Crippen LogP contribution is 2.46. The van der Waals surface area contributed by atoms with E-state index in [1.807, 2.05) is 24.3 Å². The zero-order chi connectivity index (χ0) is 22.1. The highest BCUT2D eigenvalue weighted by Gasteiger charge is 2.42. The molecule has 1 fully saturated rings. The number of fused-ring (bicyclic) bond motifs is 1. The minimum Gasteiger partial charge on any atom is -0.487 e. The van der Waals surface area contributed by atoms with E-state index in [0.29, 0.717) is 11.4 Å². The first-order chi connectivity index (χ1) is 14.8. The molecule has 0 unspecified atom stereocenters. The molecule has 2 aromatic rings. The van der Waals surface area contributed by atoms with Gasteiger partial charge in [-0.25, -0.2) is 8.42 Å². The van der Waals surface area contributed by atoms with Crippen LogP contribution in [0.3, 0.4) is 0 Å². The second-order valence-corrected chi connectivity index (χ2v) is 10.9. The molecule has 1 spiro atoms. The largest absolute Gasteiger partial charge is 0.487 e. The molecular formula is C23H27ClN2O4S. The van der Waals surface area contributed by atoms with Crippen molar-refractivity contribution in [3.8, 4) is 5.75 Å². The van der Waals surface area contributed by atoms with Crippen LogP contribution in [0.15, 0.2) is 53.4 Å². The lowest BCUT2D eigenvalue weighted by atomic mass is 9.77. The summed E-state index contributed by atoms with van der Waals surface area (Å²) in [6.07, 6.45) is 6.08. The average Bonchev–Trinajstić information content (AvgIpc) is 2.74. The van der Waals surface area contributed by atoms with Crippen molar-refractivity contribution in [2.24, 2.45) is 0 Å². The van der Waals surface area contributed by atoms with Gasteiger partial charge in [0.05, 0.1) is 17.5 Å². The number of likely N-dealkylation sites (N-methyl/N-ethyl adjacent to an activating group) is 1. The lowest BCUT2D eigenvalue weighted by molar-refractivity contribution is -0.122. The summed E-state index contributed by atoms with van der Waals surface area (Å²) >= 11 is 5.85. The van der Waals surface area contributed by atoms with Crippen LogP contribution < -0.4 is 10.1 Å². The van der Waals surface area contributed by atoms with Crippen LogP contribution in [0.5, 0.6) is 5.75 Å². The number of sulfonamides is 1. The van der Waals surface area contributed by atoms with E-state index in [4.69, 9.17) is 16.3 Å². The summed E-state index contributed by atoms with van der Waals surface area (Å²) in [5.41, 5.74) is 0.682. The van der Waals surface area contributed by atoms with Crippen LogP contribution in [-0.2, 0) is 14.8 Å². The third-order valence-corrected chi connectivity index (χ3v) is 8.25. The van der Waals surface area contributed by atoms with Crippen LogP contribution in [0.1, 0.15) is 50.1 Å². The normalized spacial score (nSPS) is 20.2. The average molecular weight is 463 g/mol. The maximum atomic E-state index is 12.9. The van der Waals surface area contributed by atoms with Crippen molar-refractivity contribution in [2.45, 2.75) is 55.1 Å². The smallest absolute Gasteiger partial charge is 0.243 e. The summed E-state index contributed by atoms with van der Waals surface area (Å²) in [6, 6.07) is 13.5. The van der Waals surface area contributed by atoms with E-state index >= 15 is 0 Å². The fraction of sp³-hybridized carbons (Fsp3) is 0.435. The number of benzene rings is 2. The first-order valence-electron chi connectivity index (χ1n) is 10.6. The van der Waals surface area contributed by atoms with Gasteiger partial charge in [-0.15, -0.1) is 0 Å². The predicted octanol–water partition coefficient (Wildman–Crippen LogP) is 4.30. The monoisotopic (exact) mass is 462 g/mol. The van der Waals surface area contributed by atoms with Crippen molar-refractivity contribution in [3.63, 3.8) is 0 Å². The molecule has 166 valence electrons. The first-order valence-corrected chi connectivity index (χ1v) is 12.4. The molecular weight excluding hydrogens is 436 g/mol. The van der Waals surface area contributed by atoms with Crippen LogP contribution in [-0.4, -0.2) is 37.8 Å². The van der Waals surface area contributed by atoms with Gasteiger partial charge in [-0.05, 0) is 56.0 Å². The zero-order valence-electron chi connectivity index (χ0n) is 17.5. The number of hydrogen-bond donors (Lipinski definition) is 1. The molecule has 0 radical (unpaired) electrons. The Morgan fingerprint density at radius 3 is 2.52 bits per heavy atom. The van der Waals surface area contributed by atoms with Gasteiger partial charge in [0.2, 0.25) is 15.9 Å². The van der Waals surface area contributed by atoms with E-state index < -0.39 is 10.0 Å². The fourth-order valence-corrected chi connectivity index (χ4v) is 5.82. The van der Waals surface area contributed by atoms with Gasteiger partial charge in [0.1, 0.15) is 11.4 Å². The summed E-state index contributed by atoms with van der Waals surface area (Å²) in [5, 5.41) is 3.52. The van der Waals surface area contributed by atoms with E-state index in [1.165, 1.54) is 37.7 Å². The van der Waals surface area contributed by atoms with Gasteiger partial charge < -0.3 is 10.1 Å². The highest BCUT2D eigenvalue weighted by atomic mass is 35.5. The minimum atomic E-state index is -3.79. The van der Waals surface area contributed by atoms with E-state index in [0.717, 1.165) is 41.3 Å². The lowest BCUT2D eigenvalue weighted by Crippen LogP contribution is -2.48. The number of amides is 1. The molecule has 1 heterocycles. The SMILES string of the molecule is CN(CC(=O)N[C@@H]1CC2(CCCCC2)Oc2ccccc21)S(=O)(=O)c1ccc(Cl)cc1. The maximum Gasteiger partial charge on any atom is 0.243 e. The minimum absolute atomic E-state index is 0.102. The Hall–Kier alpha value is -2.09. The summed E-state index contributed by atoms with van der Waals surface area (Å²) in [4.78, 5) is 13.0. The van der Waals surface area contributed by atoms with Gasteiger partial charge in [-0.2, -0.15) is 4.31 Å². The molecule has 0 saturated heterocycles. The second-order valence-electron chi connectivity index (χ2n) is 8.42. The van der Waals surface area contributed by atoms with Crippen molar-refractivity contribution in [3.05, 3.63) is 59.1 Å². The van der Waals surface area contributed by atoms with E-state index in [-0.39, 0.29) is 29.0 Å². The number of nitrogens with zero attached hydrogens (tertiary/aromatic N) is 1. The Labute approximate surface area is 188 Å². The number of carbonyl (C=O) groups excluding carboxylic acids is 1. The van der Waals surface area contributed by atoms with Crippen molar-refractivity contribution < 1.29 is 17.9 Å². The molecule has 6 nitrogen and oxygen atoms in total. The van der Waals surface area contributed by atoms with Crippen molar-refractivity contribution in [1.82, 2.24) is 9.62 Å². The topological polar surface area (TPSA) is 75.7 Å². The second kappa shape index (κ2) is 8.81. The molecule has 8 heteroatoms. The number of rotatable bonds is 5. The fourth-order valence-electron chi connectivity index (χ4n) is 4.56. The van der Waals surface area contributed by atoms with Crippen LogP contribution in [0, 0.1) is 0 Å². The molecule has 1 aliphatic carbocycles.